The molecule has 0 amide bonds. The van der Waals surface area contributed by atoms with Gasteiger partial charge in [-0.3, -0.25) is 0 Å². The molecular formula is C6H10N2O2. The van der Waals surface area contributed by atoms with Gasteiger partial charge >= 0.3 is 0 Å². The Morgan fingerprint density at radius 1 is 2.00 bits per heavy atom. The van der Waals surface area contributed by atoms with Crippen molar-refractivity contribution in [1.82, 2.24) is 9.55 Å². The summed E-state index contributed by atoms with van der Waals surface area (Å²) in [5.74, 6) is 0. The molecule has 1 N–H and O–H groups in total. The molecule has 0 aromatic carbocycles. The second-order valence-electron chi connectivity index (χ2n) is 1.80. The molecule has 0 unspecified atom stereocenters. The highest BCUT2D eigenvalue weighted by molar-refractivity contribution is 4.93. The molecule has 0 aliphatic heterocycles. The Hall–Kier alpha value is -0.870. The number of nitrogens with zero attached hydrogens (tertiary/aromatic N) is 2. The minimum absolute atomic E-state index is 0.0143. The van der Waals surface area contributed by atoms with Crippen LogP contribution in [0, 0.1) is 0 Å². The normalized spacial score (nSPS) is 14.6. The number of ether oxygens (including phenoxy) is 1. The maximum atomic E-state index is 8.89. The lowest BCUT2D eigenvalue weighted by Crippen LogP contribution is -1.95. The Balaban J connectivity index is 2.77. The van der Waals surface area contributed by atoms with Crippen molar-refractivity contribution in [2.45, 2.75) is 13.3 Å². The van der Waals surface area contributed by atoms with Gasteiger partial charge in [-0.25, -0.2) is 4.98 Å². The number of rotatable bonds is 3. The van der Waals surface area contributed by atoms with Crippen molar-refractivity contribution in [2.75, 3.05) is 7.11 Å². The lowest BCUT2D eigenvalue weighted by Gasteiger charge is -1.95. The summed E-state index contributed by atoms with van der Waals surface area (Å²) in [7, 11) is 1.52. The molecular weight excluding hydrogens is 132 g/mol. The summed E-state index contributed by atoms with van der Waals surface area (Å²) in [6.45, 7) is -2.08. The molecule has 4 heteroatoms. The van der Waals surface area contributed by atoms with Gasteiger partial charge in [-0.05, 0) is 0 Å². The van der Waals surface area contributed by atoms with Gasteiger partial charge in [0.05, 0.1) is 21.3 Å². The lowest BCUT2D eigenvalue weighted by molar-refractivity contribution is 0.131. The Morgan fingerprint density at radius 3 is 3.30 bits per heavy atom. The number of hydrogen-bond donors (Lipinski definition) is 1. The number of methoxy groups -OCH3 is 1. The summed E-state index contributed by atoms with van der Waals surface area (Å²) in [6, 6.07) is 0. The fourth-order valence-electron chi connectivity index (χ4n) is 0.638. The molecule has 0 atom stereocenters. The monoisotopic (exact) mass is 144 g/mol. The van der Waals surface area contributed by atoms with Crippen molar-refractivity contribution >= 4 is 0 Å². The number of imidazole rings is 1. The van der Waals surface area contributed by atoms with Crippen molar-refractivity contribution in [3.63, 3.8) is 0 Å². The van der Waals surface area contributed by atoms with Gasteiger partial charge in [-0.1, -0.05) is 0 Å². The van der Waals surface area contributed by atoms with E-state index in [2.05, 4.69) is 4.98 Å². The molecule has 0 fully saturated rings. The van der Waals surface area contributed by atoms with Crippen molar-refractivity contribution in [1.29, 1.82) is 0 Å². The SMILES string of the molecule is [2H]C([2H])(O)c1cn(COC)cn1. The Morgan fingerprint density at radius 2 is 2.80 bits per heavy atom. The molecule has 0 spiro atoms. The largest absolute Gasteiger partial charge is 0.390 e. The predicted molar refractivity (Wildman–Crippen MR) is 35.2 cm³/mol. The van der Waals surface area contributed by atoms with Gasteiger partial charge < -0.3 is 14.4 Å². The molecule has 0 aliphatic rings. The first-order chi connectivity index (χ1) is 5.54. The summed E-state index contributed by atoms with van der Waals surface area (Å²) in [5, 5.41) is 8.89. The van der Waals surface area contributed by atoms with Crippen LogP contribution in [0.5, 0.6) is 0 Å². The van der Waals surface area contributed by atoms with Gasteiger partial charge in [0.2, 0.25) is 0 Å². The second-order valence-corrected chi connectivity index (χ2v) is 1.80. The van der Waals surface area contributed by atoms with Crippen molar-refractivity contribution in [2.24, 2.45) is 0 Å². The zero-order valence-electron chi connectivity index (χ0n) is 7.61. The maximum absolute atomic E-state index is 8.89. The van der Waals surface area contributed by atoms with E-state index in [0.29, 0.717) is 6.73 Å². The summed E-state index contributed by atoms with van der Waals surface area (Å²) in [5.41, 5.74) is -0.0143. The Labute approximate surface area is 61.9 Å². The molecule has 4 nitrogen and oxygen atoms in total. The van der Waals surface area contributed by atoms with Crippen LogP contribution in [0.25, 0.3) is 0 Å². The highest BCUT2D eigenvalue weighted by Crippen LogP contribution is 1.94. The van der Waals surface area contributed by atoms with E-state index in [4.69, 9.17) is 12.6 Å². The van der Waals surface area contributed by atoms with Crippen LogP contribution >= 0.6 is 0 Å². The highest BCUT2D eigenvalue weighted by atomic mass is 16.5. The molecule has 0 saturated carbocycles. The summed E-state index contributed by atoms with van der Waals surface area (Å²) < 4.78 is 20.2. The summed E-state index contributed by atoms with van der Waals surface area (Å²) in [6.07, 6.45) is 2.79. The number of hydrogen-bond acceptors (Lipinski definition) is 3. The highest BCUT2D eigenvalue weighted by Gasteiger charge is 1.93. The fourth-order valence-corrected chi connectivity index (χ4v) is 0.638. The molecule has 56 valence electrons. The van der Waals surface area contributed by atoms with Gasteiger partial charge in [0.25, 0.3) is 0 Å². The molecule has 0 radical (unpaired) electrons. The van der Waals surface area contributed by atoms with E-state index >= 15 is 0 Å². The van der Waals surface area contributed by atoms with Gasteiger partial charge in [0, 0.05) is 13.3 Å². The smallest absolute Gasteiger partial charge is 0.123 e. The van der Waals surface area contributed by atoms with E-state index in [1.165, 1.54) is 24.2 Å². The van der Waals surface area contributed by atoms with Gasteiger partial charge in [-0.2, -0.15) is 0 Å². The van der Waals surface area contributed by atoms with Gasteiger partial charge in [-0.15, -0.1) is 0 Å². The Kier molecular flexibility index (Phi) is 1.63. The molecule has 1 aromatic heterocycles. The maximum Gasteiger partial charge on any atom is 0.123 e. The molecule has 0 aliphatic carbocycles. The number of aromatic nitrogens is 2. The van der Waals surface area contributed by atoms with E-state index in [1.54, 1.807) is 0 Å². The van der Waals surface area contributed by atoms with E-state index in [0.717, 1.165) is 0 Å². The third kappa shape index (κ3) is 1.55. The van der Waals surface area contributed by atoms with Crippen LogP contribution < -0.4 is 0 Å². The first-order valence-corrected chi connectivity index (χ1v) is 2.77. The van der Waals surface area contributed by atoms with E-state index in [-0.39, 0.29) is 5.69 Å². The Bertz CT molecular complexity index is 256. The van der Waals surface area contributed by atoms with Crippen LogP contribution in [0.4, 0.5) is 0 Å². The molecule has 1 aromatic rings. The average molecular weight is 144 g/mol. The first-order valence-electron chi connectivity index (χ1n) is 3.77. The van der Waals surface area contributed by atoms with Crippen LogP contribution in [-0.2, 0) is 18.0 Å². The minimum Gasteiger partial charge on any atom is -0.390 e. The third-order valence-corrected chi connectivity index (χ3v) is 1.03. The second kappa shape index (κ2) is 3.34. The van der Waals surface area contributed by atoms with Gasteiger partial charge in [0.1, 0.15) is 6.73 Å². The third-order valence-electron chi connectivity index (χ3n) is 1.03. The van der Waals surface area contributed by atoms with Crippen LogP contribution in [0.15, 0.2) is 12.5 Å². The summed E-state index contributed by atoms with van der Waals surface area (Å²) in [4.78, 5) is 3.66. The molecule has 1 heterocycles. The van der Waals surface area contributed by atoms with Crippen molar-refractivity contribution in [3.8, 4) is 0 Å². The van der Waals surface area contributed by atoms with E-state index in [1.807, 2.05) is 0 Å². The molecule has 0 bridgehead atoms. The molecule has 10 heavy (non-hydrogen) atoms. The van der Waals surface area contributed by atoms with Crippen molar-refractivity contribution in [3.05, 3.63) is 18.2 Å². The lowest BCUT2D eigenvalue weighted by atomic mass is 10.5. The van der Waals surface area contributed by atoms with E-state index < -0.39 is 6.56 Å². The van der Waals surface area contributed by atoms with Crippen LogP contribution in [0.3, 0.4) is 0 Å². The average Bonchev–Trinajstić information content (AvgIpc) is 2.35. The quantitative estimate of drug-likeness (QED) is 0.648. The first kappa shape index (κ1) is 4.87. The predicted octanol–water partition coefficient (Wildman–Crippen LogP) is -0.0207. The van der Waals surface area contributed by atoms with Crippen LogP contribution in [0.1, 0.15) is 8.44 Å². The van der Waals surface area contributed by atoms with Crippen molar-refractivity contribution < 1.29 is 12.6 Å². The zero-order valence-corrected chi connectivity index (χ0v) is 5.61. The van der Waals surface area contributed by atoms with Crippen LogP contribution in [0.2, 0.25) is 0 Å². The molecule has 0 saturated heterocycles. The minimum atomic E-state index is -2.38. The summed E-state index contributed by atoms with van der Waals surface area (Å²) >= 11 is 0. The van der Waals surface area contributed by atoms with Crippen LogP contribution in [-0.4, -0.2) is 21.8 Å². The van der Waals surface area contributed by atoms with Gasteiger partial charge in [0.15, 0.2) is 0 Å². The zero-order chi connectivity index (χ0) is 9.19. The fraction of sp³-hybridized carbons (Fsp3) is 0.500. The standard InChI is InChI=1S/C6H10N2O2/c1-10-5-8-2-6(3-9)7-4-8/h2,4,9H,3,5H2,1H3/i3D2. The topological polar surface area (TPSA) is 47.3 Å². The molecule has 1 rings (SSSR count). The van der Waals surface area contributed by atoms with E-state index in [9.17, 15) is 0 Å². The number of aliphatic hydroxyl groups is 1.